The first-order valence-corrected chi connectivity index (χ1v) is 8.89. The van der Waals surface area contributed by atoms with Gasteiger partial charge < -0.3 is 10.1 Å². The second kappa shape index (κ2) is 11.5. The van der Waals surface area contributed by atoms with Crippen LogP contribution in [0.5, 0.6) is 0 Å². The summed E-state index contributed by atoms with van der Waals surface area (Å²) in [5, 5.41) is 3.01. The first kappa shape index (κ1) is 19.0. The van der Waals surface area contributed by atoms with Gasteiger partial charge in [0.05, 0.1) is 6.04 Å². The van der Waals surface area contributed by atoms with Crippen LogP contribution in [-0.2, 0) is 15.3 Å². The molecule has 0 aliphatic carbocycles. The number of likely N-dealkylation sites (N-methyl/N-ethyl adjacent to an activating group) is 1. The summed E-state index contributed by atoms with van der Waals surface area (Å²) in [6.45, 7) is 4.26. The zero-order valence-electron chi connectivity index (χ0n) is 13.9. The van der Waals surface area contributed by atoms with Crippen molar-refractivity contribution in [1.29, 1.82) is 0 Å². The van der Waals surface area contributed by atoms with Crippen LogP contribution < -0.4 is 5.32 Å². The molecule has 1 N–H and O–H groups in total. The fourth-order valence-corrected chi connectivity index (χ4v) is 2.83. The van der Waals surface area contributed by atoms with Crippen molar-refractivity contribution >= 4 is 17.7 Å². The van der Waals surface area contributed by atoms with Gasteiger partial charge in [-0.25, -0.2) is 0 Å². The fraction of sp³-hybridized carbons (Fsp3) is 0.588. The predicted molar refractivity (Wildman–Crippen MR) is 94.2 cm³/mol. The molecule has 1 atom stereocenters. The molecule has 1 unspecified atom stereocenters. The highest BCUT2D eigenvalue weighted by atomic mass is 32.2. The molecule has 1 aromatic carbocycles. The van der Waals surface area contributed by atoms with Crippen molar-refractivity contribution in [2.75, 3.05) is 39.6 Å². The Labute approximate surface area is 138 Å². The van der Waals surface area contributed by atoms with Gasteiger partial charge in [-0.15, -0.1) is 0 Å². The zero-order valence-corrected chi connectivity index (χ0v) is 14.7. The minimum Gasteiger partial charge on any atom is -0.385 e. The second-order valence-corrected chi connectivity index (χ2v) is 6.44. The number of rotatable bonds is 11. The molecule has 0 bridgehead atoms. The largest absolute Gasteiger partial charge is 0.385 e. The van der Waals surface area contributed by atoms with E-state index in [-0.39, 0.29) is 11.9 Å². The summed E-state index contributed by atoms with van der Waals surface area (Å²) < 4.78 is 5.03. The van der Waals surface area contributed by atoms with Crippen LogP contribution in [-0.4, -0.2) is 56.5 Å². The Morgan fingerprint density at radius 2 is 2.09 bits per heavy atom. The molecule has 4 nitrogen and oxygen atoms in total. The third-order valence-corrected chi connectivity index (χ3v) is 4.59. The Morgan fingerprint density at radius 3 is 2.77 bits per heavy atom. The van der Waals surface area contributed by atoms with Gasteiger partial charge >= 0.3 is 0 Å². The first-order valence-electron chi connectivity index (χ1n) is 7.73. The molecule has 1 aromatic rings. The van der Waals surface area contributed by atoms with E-state index in [4.69, 9.17) is 4.74 Å². The first-order chi connectivity index (χ1) is 10.6. The molecule has 0 saturated carbocycles. The molecular formula is C17H28N2O2S. The topological polar surface area (TPSA) is 41.6 Å². The highest BCUT2D eigenvalue weighted by Crippen LogP contribution is 2.10. The molecule has 0 aliphatic rings. The highest BCUT2D eigenvalue weighted by molar-refractivity contribution is 7.98. The maximum atomic E-state index is 12.1. The normalized spacial score (nSPS) is 12.4. The summed E-state index contributed by atoms with van der Waals surface area (Å²) in [5.41, 5.74) is 1.32. The molecule has 0 aliphatic heterocycles. The van der Waals surface area contributed by atoms with Crippen LogP contribution in [0.4, 0.5) is 0 Å². The molecule has 22 heavy (non-hydrogen) atoms. The van der Waals surface area contributed by atoms with Crippen LogP contribution in [0.3, 0.4) is 0 Å². The Hall–Kier alpha value is -1.04. The summed E-state index contributed by atoms with van der Waals surface area (Å²) in [6.07, 6.45) is 0.942. The van der Waals surface area contributed by atoms with E-state index in [1.165, 1.54) is 5.56 Å². The van der Waals surface area contributed by atoms with E-state index in [0.717, 1.165) is 31.1 Å². The molecule has 1 rings (SSSR count). The lowest BCUT2D eigenvalue weighted by atomic mass is 10.2. The zero-order chi connectivity index (χ0) is 16.2. The molecule has 5 heteroatoms. The van der Waals surface area contributed by atoms with Gasteiger partial charge in [-0.1, -0.05) is 30.3 Å². The number of nitrogens with one attached hydrogen (secondary N) is 1. The van der Waals surface area contributed by atoms with Crippen LogP contribution >= 0.6 is 11.8 Å². The number of amides is 1. The SMILES string of the molecule is COCCCN(C)C(C)C(=O)NCCSCc1ccccc1. The van der Waals surface area contributed by atoms with E-state index in [1.807, 2.05) is 31.8 Å². The van der Waals surface area contributed by atoms with Crippen LogP contribution in [0.15, 0.2) is 30.3 Å². The van der Waals surface area contributed by atoms with Gasteiger partial charge in [-0.3, -0.25) is 9.69 Å². The van der Waals surface area contributed by atoms with Crippen LogP contribution in [0.1, 0.15) is 18.9 Å². The number of methoxy groups -OCH3 is 1. The standard InChI is InChI=1S/C17H28N2O2S/c1-15(19(2)11-7-12-21-3)17(20)18-10-13-22-14-16-8-5-4-6-9-16/h4-6,8-9,15H,7,10-14H2,1-3H3,(H,18,20). The summed E-state index contributed by atoms with van der Waals surface area (Å²) in [6, 6.07) is 10.3. The van der Waals surface area contributed by atoms with Crippen LogP contribution in [0.2, 0.25) is 0 Å². The van der Waals surface area contributed by atoms with Crippen molar-refractivity contribution in [3.05, 3.63) is 35.9 Å². The number of thioether (sulfide) groups is 1. The second-order valence-electron chi connectivity index (χ2n) is 5.33. The molecule has 0 heterocycles. The van der Waals surface area contributed by atoms with Gasteiger partial charge in [0.15, 0.2) is 0 Å². The van der Waals surface area contributed by atoms with E-state index < -0.39 is 0 Å². The number of hydrogen-bond acceptors (Lipinski definition) is 4. The maximum absolute atomic E-state index is 12.1. The molecule has 0 radical (unpaired) electrons. The summed E-state index contributed by atoms with van der Waals surface area (Å²) in [4.78, 5) is 14.1. The van der Waals surface area contributed by atoms with Crippen molar-refractivity contribution in [1.82, 2.24) is 10.2 Å². The van der Waals surface area contributed by atoms with Gasteiger partial charge in [0, 0.05) is 38.3 Å². The summed E-state index contributed by atoms with van der Waals surface area (Å²) >= 11 is 1.84. The van der Waals surface area contributed by atoms with Crippen molar-refractivity contribution in [2.24, 2.45) is 0 Å². The molecule has 0 fully saturated rings. The van der Waals surface area contributed by atoms with Gasteiger partial charge in [0.1, 0.15) is 0 Å². The van der Waals surface area contributed by atoms with Crippen molar-refractivity contribution in [3.63, 3.8) is 0 Å². The number of nitrogens with zero attached hydrogens (tertiary/aromatic N) is 1. The Balaban J connectivity index is 2.11. The number of benzene rings is 1. The molecule has 0 saturated heterocycles. The lowest BCUT2D eigenvalue weighted by molar-refractivity contribution is -0.125. The fourth-order valence-electron chi connectivity index (χ4n) is 2.01. The van der Waals surface area contributed by atoms with Gasteiger partial charge in [0.2, 0.25) is 5.91 Å². The lowest BCUT2D eigenvalue weighted by Crippen LogP contribution is -2.44. The van der Waals surface area contributed by atoms with Crippen LogP contribution in [0.25, 0.3) is 0 Å². The van der Waals surface area contributed by atoms with Crippen LogP contribution in [0, 0.1) is 0 Å². The Morgan fingerprint density at radius 1 is 1.36 bits per heavy atom. The Bertz CT molecular complexity index is 414. The van der Waals surface area contributed by atoms with Crippen molar-refractivity contribution in [3.8, 4) is 0 Å². The Kier molecular flexibility index (Phi) is 9.95. The van der Waals surface area contributed by atoms with Gasteiger partial charge in [0.25, 0.3) is 0 Å². The third kappa shape index (κ3) is 7.82. The van der Waals surface area contributed by atoms with Gasteiger partial charge in [-0.2, -0.15) is 11.8 Å². The number of hydrogen-bond donors (Lipinski definition) is 1. The summed E-state index contributed by atoms with van der Waals surface area (Å²) in [7, 11) is 3.67. The van der Waals surface area contributed by atoms with E-state index in [9.17, 15) is 4.79 Å². The number of carbonyl (C=O) groups is 1. The predicted octanol–water partition coefficient (Wildman–Crippen LogP) is 2.39. The van der Waals surface area contributed by atoms with Crippen molar-refractivity contribution < 1.29 is 9.53 Å². The minimum atomic E-state index is -0.101. The average molecular weight is 324 g/mol. The highest BCUT2D eigenvalue weighted by Gasteiger charge is 2.16. The number of ether oxygens (including phenoxy) is 1. The van der Waals surface area contributed by atoms with E-state index in [0.29, 0.717) is 6.54 Å². The third-order valence-electron chi connectivity index (χ3n) is 3.56. The van der Waals surface area contributed by atoms with E-state index in [1.54, 1.807) is 7.11 Å². The monoisotopic (exact) mass is 324 g/mol. The summed E-state index contributed by atoms with van der Waals surface area (Å²) in [5.74, 6) is 2.02. The smallest absolute Gasteiger partial charge is 0.237 e. The molecule has 0 spiro atoms. The lowest BCUT2D eigenvalue weighted by Gasteiger charge is -2.23. The molecule has 124 valence electrons. The minimum absolute atomic E-state index is 0.0974. The van der Waals surface area contributed by atoms with Gasteiger partial charge in [-0.05, 0) is 26.0 Å². The quantitative estimate of drug-likeness (QED) is 0.635. The maximum Gasteiger partial charge on any atom is 0.237 e. The molecule has 1 amide bonds. The van der Waals surface area contributed by atoms with E-state index in [2.05, 4.69) is 34.5 Å². The number of carbonyl (C=O) groups excluding carboxylic acids is 1. The molecule has 0 aromatic heterocycles. The molecular weight excluding hydrogens is 296 g/mol. The van der Waals surface area contributed by atoms with Crippen molar-refractivity contribution in [2.45, 2.75) is 25.1 Å². The average Bonchev–Trinajstić information content (AvgIpc) is 2.54. The van der Waals surface area contributed by atoms with E-state index >= 15 is 0 Å².